The first-order chi connectivity index (χ1) is 10.5. The average molecular weight is 300 g/mol. The maximum absolute atomic E-state index is 12.2. The van der Waals surface area contributed by atoms with Crippen molar-refractivity contribution in [3.8, 4) is 0 Å². The maximum atomic E-state index is 12.2. The molecule has 112 valence electrons. The molecule has 6 heteroatoms. The molecule has 2 spiro atoms. The predicted molar refractivity (Wildman–Crippen MR) is 67.3 cm³/mol. The lowest BCUT2D eigenvalue weighted by atomic mass is 9.37. The Morgan fingerprint density at radius 2 is 1.18 bits per heavy atom. The molecule has 3 aliphatic carbocycles. The van der Waals surface area contributed by atoms with E-state index in [0.29, 0.717) is 11.1 Å². The number of hydrogen-bond donors (Lipinski definition) is 0. The molecular weight excluding hydrogens is 288 g/mol. The van der Waals surface area contributed by atoms with E-state index in [2.05, 4.69) is 0 Å². The molecule has 5 aliphatic heterocycles. The van der Waals surface area contributed by atoms with Crippen LogP contribution in [0.25, 0.3) is 0 Å². The van der Waals surface area contributed by atoms with Crippen LogP contribution in [0.4, 0.5) is 0 Å². The minimum Gasteiger partial charge on any atom is -0.447 e. The van der Waals surface area contributed by atoms with Crippen LogP contribution in [0.15, 0.2) is 22.3 Å². The van der Waals surface area contributed by atoms with Crippen molar-refractivity contribution >= 4 is 11.9 Å². The summed E-state index contributed by atoms with van der Waals surface area (Å²) < 4.78 is 24.0. The Labute approximate surface area is 125 Å². The predicted octanol–water partition coefficient (Wildman–Crippen LogP) is 0.0186. The lowest BCUT2D eigenvalue weighted by Crippen LogP contribution is -2.95. The highest BCUT2D eigenvalue weighted by Crippen LogP contribution is 2.79. The molecular formula is C16H12O6. The molecule has 8 atom stereocenters. The maximum Gasteiger partial charge on any atom is 0.334 e. The SMILES string of the molecule is CC1=C2[C@@H]3[C@@H]4OC5C6O[C@@H]4[C@]34OC(=O)C(C)=C4C6C25OC1=O. The lowest BCUT2D eigenvalue weighted by molar-refractivity contribution is -0.452. The molecule has 6 nitrogen and oxygen atoms in total. The van der Waals surface area contributed by atoms with Crippen molar-refractivity contribution in [1.29, 1.82) is 0 Å². The Morgan fingerprint density at radius 1 is 0.773 bits per heavy atom. The molecule has 0 aromatic rings. The van der Waals surface area contributed by atoms with Crippen LogP contribution in [0.5, 0.6) is 0 Å². The first-order valence-corrected chi connectivity index (χ1v) is 7.73. The second-order valence-electron chi connectivity index (χ2n) is 7.44. The van der Waals surface area contributed by atoms with E-state index in [1.807, 2.05) is 13.8 Å². The van der Waals surface area contributed by atoms with Crippen molar-refractivity contribution in [2.24, 2.45) is 11.8 Å². The van der Waals surface area contributed by atoms with E-state index in [9.17, 15) is 9.59 Å². The van der Waals surface area contributed by atoms with Gasteiger partial charge in [-0.3, -0.25) is 0 Å². The summed E-state index contributed by atoms with van der Waals surface area (Å²) in [4.78, 5) is 24.5. The number of carbonyl (C=O) groups is 2. The summed E-state index contributed by atoms with van der Waals surface area (Å²) in [5.41, 5.74) is 1.90. The smallest absolute Gasteiger partial charge is 0.334 e. The minimum absolute atomic E-state index is 0.130. The van der Waals surface area contributed by atoms with Crippen molar-refractivity contribution in [2.45, 2.75) is 49.5 Å². The first kappa shape index (κ1) is 11.0. The zero-order valence-corrected chi connectivity index (χ0v) is 11.9. The molecule has 5 heterocycles. The highest BCUT2D eigenvalue weighted by Gasteiger charge is 2.94. The Morgan fingerprint density at radius 3 is 1.59 bits per heavy atom. The van der Waals surface area contributed by atoms with Gasteiger partial charge in [-0.15, -0.1) is 0 Å². The van der Waals surface area contributed by atoms with E-state index in [4.69, 9.17) is 18.9 Å². The zero-order chi connectivity index (χ0) is 14.8. The number of rotatable bonds is 0. The Hall–Kier alpha value is -1.66. The van der Waals surface area contributed by atoms with Crippen LogP contribution >= 0.6 is 0 Å². The average Bonchev–Trinajstić information content (AvgIpc) is 2.87. The fourth-order valence-electron chi connectivity index (χ4n) is 6.41. The topological polar surface area (TPSA) is 71.1 Å². The molecule has 0 amide bonds. The quantitative estimate of drug-likeness (QED) is 0.587. The van der Waals surface area contributed by atoms with Crippen molar-refractivity contribution in [3.63, 3.8) is 0 Å². The van der Waals surface area contributed by atoms with Gasteiger partial charge in [-0.25, -0.2) is 9.59 Å². The lowest BCUT2D eigenvalue weighted by Gasteiger charge is -2.80. The number of ether oxygens (including phenoxy) is 4. The van der Waals surface area contributed by atoms with E-state index in [-0.39, 0.29) is 48.2 Å². The van der Waals surface area contributed by atoms with Crippen molar-refractivity contribution in [2.75, 3.05) is 0 Å². The third-order valence-electron chi connectivity index (χ3n) is 7.04. The van der Waals surface area contributed by atoms with Gasteiger partial charge in [0, 0.05) is 11.1 Å². The molecule has 0 aromatic heterocycles. The van der Waals surface area contributed by atoms with Crippen molar-refractivity contribution in [3.05, 3.63) is 22.3 Å². The van der Waals surface area contributed by atoms with Crippen LogP contribution < -0.4 is 0 Å². The molecule has 3 saturated heterocycles. The van der Waals surface area contributed by atoms with Gasteiger partial charge >= 0.3 is 11.9 Å². The molecule has 3 saturated carbocycles. The van der Waals surface area contributed by atoms with Crippen LogP contribution in [-0.4, -0.2) is 47.6 Å². The summed E-state index contributed by atoms with van der Waals surface area (Å²) in [6.45, 7) is 3.64. The zero-order valence-electron chi connectivity index (χ0n) is 11.9. The van der Waals surface area contributed by atoms with E-state index in [1.54, 1.807) is 0 Å². The third-order valence-corrected chi connectivity index (χ3v) is 7.04. The summed E-state index contributed by atoms with van der Waals surface area (Å²) in [7, 11) is 0. The van der Waals surface area contributed by atoms with E-state index in [0.717, 1.165) is 11.1 Å². The van der Waals surface area contributed by atoms with Crippen LogP contribution in [0.2, 0.25) is 0 Å². The van der Waals surface area contributed by atoms with Crippen molar-refractivity contribution < 1.29 is 28.5 Å². The molecule has 8 rings (SSSR count). The first-order valence-electron chi connectivity index (χ1n) is 7.73. The van der Waals surface area contributed by atoms with Crippen LogP contribution in [-0.2, 0) is 28.5 Å². The normalized spacial score (nSPS) is 60.8. The standard InChI is InChI=1S/C16H12O6/c1-3-5-7-9-12-16(7)6(4(2)14(18)22-16)8-10(20-12)11(19-9)15(5,8)21-13(3)17/h7-12H,1-2H3/t7-,8?,9+,10?,11?,12+,15?,16-/m1/s1. The van der Waals surface area contributed by atoms with Gasteiger partial charge in [-0.2, -0.15) is 0 Å². The third kappa shape index (κ3) is 0.647. The van der Waals surface area contributed by atoms with Gasteiger partial charge in [0.1, 0.15) is 12.2 Å². The highest BCUT2D eigenvalue weighted by molar-refractivity contribution is 5.98. The molecule has 0 radical (unpaired) electrons. The Kier molecular flexibility index (Phi) is 1.28. The molecule has 8 aliphatic rings. The molecule has 0 N–H and O–H groups in total. The van der Waals surface area contributed by atoms with Crippen LogP contribution in [0.3, 0.4) is 0 Å². The molecule has 4 unspecified atom stereocenters. The summed E-state index contributed by atoms with van der Waals surface area (Å²) >= 11 is 0. The van der Waals surface area contributed by atoms with E-state index < -0.39 is 11.2 Å². The van der Waals surface area contributed by atoms with Gasteiger partial charge in [0.05, 0.1) is 24.0 Å². The number of esters is 2. The molecule has 6 fully saturated rings. The largest absolute Gasteiger partial charge is 0.447 e. The summed E-state index contributed by atoms with van der Waals surface area (Å²) in [5.74, 6) is -0.793. The Bertz CT molecular complexity index is 754. The monoisotopic (exact) mass is 300 g/mol. The van der Waals surface area contributed by atoms with E-state index >= 15 is 0 Å². The highest BCUT2D eigenvalue weighted by atomic mass is 16.7. The number of carbonyl (C=O) groups excluding carboxylic acids is 2. The van der Waals surface area contributed by atoms with Gasteiger partial charge in [0.25, 0.3) is 0 Å². The van der Waals surface area contributed by atoms with Crippen LogP contribution in [0.1, 0.15) is 13.8 Å². The van der Waals surface area contributed by atoms with Crippen LogP contribution in [0, 0.1) is 11.8 Å². The van der Waals surface area contributed by atoms with Gasteiger partial charge in [-0.05, 0) is 25.0 Å². The molecule has 0 aromatic carbocycles. The summed E-state index contributed by atoms with van der Waals surface area (Å²) in [6.07, 6.45) is -0.742. The van der Waals surface area contributed by atoms with E-state index in [1.165, 1.54) is 0 Å². The Balaban J connectivity index is 1.64. The summed E-state index contributed by atoms with van der Waals surface area (Å²) in [5, 5.41) is 0. The minimum atomic E-state index is -0.744. The molecule has 22 heavy (non-hydrogen) atoms. The molecule has 8 bridgehead atoms. The fraction of sp³-hybridized carbons (Fsp3) is 0.625. The van der Waals surface area contributed by atoms with Gasteiger partial charge in [0.2, 0.25) is 0 Å². The number of hydrogen-bond acceptors (Lipinski definition) is 6. The second kappa shape index (κ2) is 2.57. The van der Waals surface area contributed by atoms with Gasteiger partial charge < -0.3 is 18.9 Å². The second-order valence-corrected chi connectivity index (χ2v) is 7.44. The fourth-order valence-corrected chi connectivity index (χ4v) is 6.41. The van der Waals surface area contributed by atoms with Gasteiger partial charge in [-0.1, -0.05) is 0 Å². The summed E-state index contributed by atoms with van der Waals surface area (Å²) in [6, 6.07) is 0. The van der Waals surface area contributed by atoms with Gasteiger partial charge in [0.15, 0.2) is 11.2 Å². The van der Waals surface area contributed by atoms with Crippen molar-refractivity contribution in [1.82, 2.24) is 0 Å².